The Hall–Kier alpha value is -0.550. The van der Waals surface area contributed by atoms with E-state index in [9.17, 15) is 4.39 Å². The molecule has 1 nitrogen and oxygen atoms in total. The average molecular weight is 183 g/mol. The highest BCUT2D eigenvalue weighted by Crippen LogP contribution is 2.28. The van der Waals surface area contributed by atoms with Gasteiger partial charge in [-0.3, -0.25) is 4.90 Å². The second kappa shape index (κ2) is 3.31. The van der Waals surface area contributed by atoms with Crippen LogP contribution in [0, 0.1) is 12.3 Å². The Bertz CT molecular complexity index is 225. The predicted molar refractivity (Wildman–Crippen MR) is 53.2 cm³/mol. The van der Waals surface area contributed by atoms with Crippen LogP contribution in [0.5, 0.6) is 0 Å². The van der Waals surface area contributed by atoms with Crippen molar-refractivity contribution in [1.29, 1.82) is 0 Å². The molecule has 0 radical (unpaired) electrons. The number of alkyl halides is 1. The van der Waals surface area contributed by atoms with Gasteiger partial charge in [-0.25, -0.2) is 4.39 Å². The Balaban J connectivity index is 2.68. The van der Waals surface area contributed by atoms with E-state index in [0.717, 1.165) is 13.0 Å². The number of hydrogen-bond acceptors (Lipinski definition) is 1. The van der Waals surface area contributed by atoms with E-state index in [1.807, 2.05) is 13.8 Å². The zero-order valence-electron chi connectivity index (χ0n) is 8.73. The molecule has 0 aromatic carbocycles. The number of nitrogens with zero attached hydrogens (tertiary/aromatic N) is 1. The Morgan fingerprint density at radius 2 is 2.15 bits per heavy atom. The first-order chi connectivity index (χ1) is 5.87. The molecule has 0 N–H and O–H groups in total. The van der Waals surface area contributed by atoms with Crippen LogP contribution < -0.4 is 0 Å². The molecule has 1 saturated heterocycles. The first-order valence-electron chi connectivity index (χ1n) is 4.79. The first-order valence-corrected chi connectivity index (χ1v) is 4.79. The van der Waals surface area contributed by atoms with E-state index in [4.69, 9.17) is 6.42 Å². The Morgan fingerprint density at radius 1 is 1.54 bits per heavy atom. The third kappa shape index (κ3) is 2.45. The summed E-state index contributed by atoms with van der Waals surface area (Å²) in [7, 11) is 0. The van der Waals surface area contributed by atoms with E-state index in [-0.39, 0.29) is 5.54 Å². The molecule has 1 aliphatic heterocycles. The monoisotopic (exact) mass is 183 g/mol. The van der Waals surface area contributed by atoms with Gasteiger partial charge in [0.25, 0.3) is 0 Å². The maximum atomic E-state index is 13.7. The molecular weight excluding hydrogens is 165 g/mol. The molecule has 1 rings (SSSR count). The van der Waals surface area contributed by atoms with Crippen LogP contribution in [0.2, 0.25) is 0 Å². The van der Waals surface area contributed by atoms with E-state index in [2.05, 4.69) is 10.8 Å². The third-order valence-corrected chi connectivity index (χ3v) is 2.79. The van der Waals surface area contributed by atoms with Crippen molar-refractivity contribution in [3.8, 4) is 12.3 Å². The molecule has 2 heteroatoms. The van der Waals surface area contributed by atoms with Crippen LogP contribution in [-0.4, -0.2) is 29.2 Å². The SMILES string of the molecule is C#CC(C)(C)N1CCCC(C)(F)C1. The summed E-state index contributed by atoms with van der Waals surface area (Å²) >= 11 is 0. The largest absolute Gasteiger partial charge is 0.285 e. The van der Waals surface area contributed by atoms with Crippen LogP contribution in [0.4, 0.5) is 4.39 Å². The molecule has 0 bridgehead atoms. The smallest absolute Gasteiger partial charge is 0.121 e. The molecule has 0 amide bonds. The van der Waals surface area contributed by atoms with Crippen molar-refractivity contribution in [2.24, 2.45) is 0 Å². The van der Waals surface area contributed by atoms with Gasteiger partial charge in [0, 0.05) is 6.54 Å². The summed E-state index contributed by atoms with van der Waals surface area (Å²) < 4.78 is 13.7. The van der Waals surface area contributed by atoms with Crippen molar-refractivity contribution in [2.75, 3.05) is 13.1 Å². The normalized spacial score (nSPS) is 31.3. The zero-order chi connectivity index (χ0) is 10.1. The van der Waals surface area contributed by atoms with Crippen LogP contribution in [0.25, 0.3) is 0 Å². The summed E-state index contributed by atoms with van der Waals surface area (Å²) in [4.78, 5) is 2.05. The topological polar surface area (TPSA) is 3.24 Å². The Morgan fingerprint density at radius 3 is 2.62 bits per heavy atom. The van der Waals surface area contributed by atoms with E-state index in [1.54, 1.807) is 6.92 Å². The van der Waals surface area contributed by atoms with Crippen molar-refractivity contribution in [3.05, 3.63) is 0 Å². The molecule has 0 saturated carbocycles. The molecule has 0 aromatic rings. The predicted octanol–water partition coefficient (Wildman–Crippen LogP) is 2.22. The second-order valence-electron chi connectivity index (χ2n) is 4.64. The van der Waals surface area contributed by atoms with Crippen LogP contribution in [0.15, 0.2) is 0 Å². The van der Waals surface area contributed by atoms with Crippen molar-refractivity contribution in [2.45, 2.75) is 44.8 Å². The Kier molecular flexibility index (Phi) is 2.68. The summed E-state index contributed by atoms with van der Waals surface area (Å²) in [6, 6.07) is 0. The van der Waals surface area contributed by atoms with Gasteiger partial charge < -0.3 is 0 Å². The highest BCUT2D eigenvalue weighted by Gasteiger charge is 2.36. The number of rotatable bonds is 1. The summed E-state index contributed by atoms with van der Waals surface area (Å²) in [6.07, 6.45) is 6.97. The fourth-order valence-electron chi connectivity index (χ4n) is 1.76. The van der Waals surface area contributed by atoms with Crippen LogP contribution in [0.3, 0.4) is 0 Å². The van der Waals surface area contributed by atoms with E-state index in [1.165, 1.54) is 0 Å². The molecule has 1 atom stereocenters. The van der Waals surface area contributed by atoms with Gasteiger partial charge in [0.1, 0.15) is 5.67 Å². The fourth-order valence-corrected chi connectivity index (χ4v) is 1.76. The average Bonchev–Trinajstić information content (AvgIpc) is 2.03. The number of piperidine rings is 1. The zero-order valence-corrected chi connectivity index (χ0v) is 8.73. The number of halogens is 1. The number of hydrogen-bond donors (Lipinski definition) is 0. The van der Waals surface area contributed by atoms with Gasteiger partial charge in [-0.1, -0.05) is 5.92 Å². The van der Waals surface area contributed by atoms with Crippen molar-refractivity contribution < 1.29 is 4.39 Å². The van der Waals surface area contributed by atoms with E-state index >= 15 is 0 Å². The lowest BCUT2D eigenvalue weighted by atomic mass is 9.92. The van der Waals surface area contributed by atoms with Crippen molar-refractivity contribution in [3.63, 3.8) is 0 Å². The van der Waals surface area contributed by atoms with Crippen LogP contribution in [0.1, 0.15) is 33.6 Å². The highest BCUT2D eigenvalue weighted by atomic mass is 19.1. The van der Waals surface area contributed by atoms with Gasteiger partial charge in [0.15, 0.2) is 0 Å². The van der Waals surface area contributed by atoms with Gasteiger partial charge in [-0.2, -0.15) is 0 Å². The minimum atomic E-state index is -1.06. The number of terminal acetylenes is 1. The van der Waals surface area contributed by atoms with Crippen molar-refractivity contribution >= 4 is 0 Å². The van der Waals surface area contributed by atoms with Gasteiger partial charge in [0.05, 0.1) is 5.54 Å². The quantitative estimate of drug-likeness (QED) is 0.563. The fraction of sp³-hybridized carbons (Fsp3) is 0.818. The molecule has 1 heterocycles. The van der Waals surface area contributed by atoms with Gasteiger partial charge in [-0.15, -0.1) is 6.42 Å². The van der Waals surface area contributed by atoms with Gasteiger partial charge >= 0.3 is 0 Å². The summed E-state index contributed by atoms with van der Waals surface area (Å²) in [5, 5.41) is 0. The molecular formula is C11H18FN. The molecule has 1 aliphatic rings. The molecule has 1 unspecified atom stereocenters. The highest BCUT2D eigenvalue weighted by molar-refractivity contribution is 5.10. The molecule has 0 aliphatic carbocycles. The first kappa shape index (κ1) is 10.5. The minimum Gasteiger partial charge on any atom is -0.285 e. The standard InChI is InChI=1S/C11H18FN/c1-5-10(2,3)13-8-6-7-11(4,12)9-13/h1H,6-9H2,2-4H3. The summed E-state index contributed by atoms with van der Waals surface area (Å²) in [5.74, 6) is 2.71. The summed E-state index contributed by atoms with van der Waals surface area (Å²) in [6.45, 7) is 6.97. The molecule has 0 aromatic heterocycles. The molecule has 74 valence electrons. The number of likely N-dealkylation sites (tertiary alicyclic amines) is 1. The van der Waals surface area contributed by atoms with Gasteiger partial charge in [-0.05, 0) is 40.2 Å². The lowest BCUT2D eigenvalue weighted by Crippen LogP contribution is -2.52. The maximum Gasteiger partial charge on any atom is 0.121 e. The maximum absolute atomic E-state index is 13.7. The second-order valence-corrected chi connectivity index (χ2v) is 4.64. The molecule has 0 spiro atoms. The summed E-state index contributed by atoms with van der Waals surface area (Å²) in [5.41, 5.74) is -1.37. The van der Waals surface area contributed by atoms with Crippen molar-refractivity contribution in [1.82, 2.24) is 4.90 Å². The Labute approximate surface area is 80.3 Å². The lowest BCUT2D eigenvalue weighted by molar-refractivity contribution is 0.0240. The van der Waals surface area contributed by atoms with Crippen LogP contribution in [-0.2, 0) is 0 Å². The van der Waals surface area contributed by atoms with Gasteiger partial charge in [0.2, 0.25) is 0 Å². The minimum absolute atomic E-state index is 0.312. The molecule has 1 fully saturated rings. The van der Waals surface area contributed by atoms with E-state index < -0.39 is 5.67 Å². The third-order valence-electron chi connectivity index (χ3n) is 2.79. The van der Waals surface area contributed by atoms with Crippen LogP contribution >= 0.6 is 0 Å². The molecule has 13 heavy (non-hydrogen) atoms. The van der Waals surface area contributed by atoms with E-state index in [0.29, 0.717) is 13.0 Å². The lowest BCUT2D eigenvalue weighted by Gasteiger charge is -2.42.